The molecule has 108 valence electrons. The standard InChI is InChI=1S/C9H11ClF4N4O/c1-4(2)19-8-17-6(10)16-7(18-8)15-3-9(13,14)5(11)12/h4-5H,3H2,1-2H3,(H,15,16,17,18). The first-order valence-electron chi connectivity index (χ1n) is 5.19. The van der Waals surface area contributed by atoms with Gasteiger partial charge in [-0.05, 0) is 25.4 Å². The predicted molar refractivity (Wildman–Crippen MR) is 60.0 cm³/mol. The highest BCUT2D eigenvalue weighted by atomic mass is 35.5. The van der Waals surface area contributed by atoms with Crippen molar-refractivity contribution in [2.45, 2.75) is 32.3 Å². The number of halogens is 5. The number of hydrogen-bond acceptors (Lipinski definition) is 5. The molecule has 0 atom stereocenters. The Bertz CT molecular complexity index is 433. The molecule has 0 aliphatic heterocycles. The molecule has 0 unspecified atom stereocenters. The topological polar surface area (TPSA) is 59.9 Å². The van der Waals surface area contributed by atoms with Crippen molar-refractivity contribution in [3.63, 3.8) is 0 Å². The maximum absolute atomic E-state index is 12.7. The zero-order chi connectivity index (χ0) is 14.6. The summed E-state index contributed by atoms with van der Waals surface area (Å²) in [7, 11) is 0. The predicted octanol–water partition coefficient (Wildman–Crippen LogP) is 2.62. The normalized spacial score (nSPS) is 12.1. The van der Waals surface area contributed by atoms with E-state index in [0.29, 0.717) is 0 Å². The molecule has 0 spiro atoms. The minimum absolute atomic E-state index is 0.183. The summed E-state index contributed by atoms with van der Waals surface area (Å²) in [6, 6.07) is -0.183. The Morgan fingerprint density at radius 3 is 2.42 bits per heavy atom. The summed E-state index contributed by atoms with van der Waals surface area (Å²) in [5.74, 6) is -4.56. The van der Waals surface area contributed by atoms with E-state index >= 15 is 0 Å². The quantitative estimate of drug-likeness (QED) is 0.819. The molecule has 0 fully saturated rings. The van der Waals surface area contributed by atoms with Crippen LogP contribution >= 0.6 is 11.6 Å². The maximum Gasteiger partial charge on any atom is 0.324 e. The van der Waals surface area contributed by atoms with Gasteiger partial charge in [-0.3, -0.25) is 0 Å². The van der Waals surface area contributed by atoms with Crippen LogP contribution in [0.5, 0.6) is 6.01 Å². The molecule has 1 aromatic heterocycles. The van der Waals surface area contributed by atoms with Gasteiger partial charge in [0.2, 0.25) is 11.2 Å². The maximum atomic E-state index is 12.7. The summed E-state index contributed by atoms with van der Waals surface area (Å²) in [6.07, 6.45) is -4.06. The fourth-order valence-corrected chi connectivity index (χ4v) is 1.10. The van der Waals surface area contributed by atoms with Crippen LogP contribution in [0.15, 0.2) is 0 Å². The molecule has 0 saturated carbocycles. The molecular formula is C9H11ClF4N4O. The van der Waals surface area contributed by atoms with Crippen molar-refractivity contribution < 1.29 is 22.3 Å². The van der Waals surface area contributed by atoms with Gasteiger partial charge in [0, 0.05) is 0 Å². The lowest BCUT2D eigenvalue weighted by molar-refractivity contribution is -0.117. The molecule has 0 amide bonds. The fourth-order valence-electron chi connectivity index (χ4n) is 0.949. The minimum Gasteiger partial charge on any atom is -0.461 e. The van der Waals surface area contributed by atoms with Gasteiger partial charge in [0.25, 0.3) is 0 Å². The Kier molecular flexibility index (Phi) is 5.10. The highest BCUT2D eigenvalue weighted by molar-refractivity contribution is 6.28. The lowest BCUT2D eigenvalue weighted by Crippen LogP contribution is -2.35. The molecule has 0 aliphatic carbocycles. The summed E-state index contributed by atoms with van der Waals surface area (Å²) < 4.78 is 54.4. The van der Waals surface area contributed by atoms with Crippen molar-refractivity contribution >= 4 is 17.5 Å². The number of nitrogens with one attached hydrogen (secondary N) is 1. The van der Waals surface area contributed by atoms with Crippen molar-refractivity contribution in [1.29, 1.82) is 0 Å². The van der Waals surface area contributed by atoms with E-state index in [9.17, 15) is 17.6 Å². The summed E-state index contributed by atoms with van der Waals surface area (Å²) in [4.78, 5) is 10.7. The lowest BCUT2D eigenvalue weighted by atomic mass is 10.3. The number of hydrogen-bond donors (Lipinski definition) is 1. The van der Waals surface area contributed by atoms with Crippen LogP contribution in [0.1, 0.15) is 13.8 Å². The molecule has 0 bridgehead atoms. The van der Waals surface area contributed by atoms with E-state index in [0.717, 1.165) is 0 Å². The number of nitrogens with zero attached hydrogens (tertiary/aromatic N) is 3. The lowest BCUT2D eigenvalue weighted by Gasteiger charge is -2.16. The second-order valence-corrected chi connectivity index (χ2v) is 4.13. The molecule has 10 heteroatoms. The summed E-state index contributed by atoms with van der Waals surface area (Å²) in [6.45, 7) is 2.05. The Balaban J connectivity index is 2.76. The molecule has 1 rings (SSSR count). The van der Waals surface area contributed by atoms with Crippen molar-refractivity contribution in [2.24, 2.45) is 0 Å². The van der Waals surface area contributed by atoms with Crippen LogP contribution in [-0.4, -0.2) is 39.9 Å². The molecule has 0 saturated heterocycles. The summed E-state index contributed by atoms with van der Waals surface area (Å²) >= 11 is 5.53. The molecular weight excluding hydrogens is 292 g/mol. The number of ether oxygens (including phenoxy) is 1. The van der Waals surface area contributed by atoms with Gasteiger partial charge in [-0.15, -0.1) is 0 Å². The van der Waals surface area contributed by atoms with Crippen molar-refractivity contribution in [3.05, 3.63) is 5.28 Å². The van der Waals surface area contributed by atoms with E-state index in [1.807, 2.05) is 5.32 Å². The molecule has 1 aromatic rings. The summed E-state index contributed by atoms with van der Waals surface area (Å²) in [5.41, 5.74) is 0. The van der Waals surface area contributed by atoms with Crippen LogP contribution < -0.4 is 10.1 Å². The SMILES string of the molecule is CC(C)Oc1nc(Cl)nc(NCC(F)(F)C(F)F)n1. The molecule has 19 heavy (non-hydrogen) atoms. The first-order valence-corrected chi connectivity index (χ1v) is 5.56. The van der Waals surface area contributed by atoms with Gasteiger partial charge in [0.15, 0.2) is 0 Å². The molecule has 0 radical (unpaired) electrons. The molecule has 1 N–H and O–H groups in total. The van der Waals surface area contributed by atoms with E-state index in [2.05, 4.69) is 15.0 Å². The fraction of sp³-hybridized carbons (Fsp3) is 0.667. The van der Waals surface area contributed by atoms with Crippen molar-refractivity contribution in [1.82, 2.24) is 15.0 Å². The number of alkyl halides is 4. The van der Waals surface area contributed by atoms with Crippen molar-refractivity contribution in [2.75, 3.05) is 11.9 Å². The number of rotatable bonds is 6. The molecule has 0 aliphatic rings. The third kappa shape index (κ3) is 5.01. The van der Waals surface area contributed by atoms with Gasteiger partial charge in [-0.25, -0.2) is 8.78 Å². The average Bonchev–Trinajstić information content (AvgIpc) is 2.24. The largest absolute Gasteiger partial charge is 0.461 e. The Hall–Kier alpha value is -1.38. The van der Waals surface area contributed by atoms with Gasteiger partial charge < -0.3 is 10.1 Å². The second kappa shape index (κ2) is 6.18. The summed E-state index contributed by atoms with van der Waals surface area (Å²) in [5, 5.41) is 1.67. The van der Waals surface area contributed by atoms with Gasteiger partial charge in [-0.2, -0.15) is 23.7 Å². The van der Waals surface area contributed by atoms with E-state index < -0.39 is 18.9 Å². The van der Waals surface area contributed by atoms with E-state index in [1.165, 1.54) is 0 Å². The van der Waals surface area contributed by atoms with E-state index in [1.54, 1.807) is 13.8 Å². The molecule has 1 heterocycles. The molecule has 5 nitrogen and oxygen atoms in total. The van der Waals surface area contributed by atoms with Gasteiger partial charge in [0.05, 0.1) is 12.6 Å². The van der Waals surface area contributed by atoms with Crippen LogP contribution in [0.3, 0.4) is 0 Å². The Morgan fingerprint density at radius 1 is 1.26 bits per heavy atom. The number of aromatic nitrogens is 3. The Labute approximate surface area is 111 Å². The zero-order valence-electron chi connectivity index (χ0n) is 10.0. The zero-order valence-corrected chi connectivity index (χ0v) is 10.8. The monoisotopic (exact) mass is 302 g/mol. The first-order chi connectivity index (χ1) is 8.70. The van der Waals surface area contributed by atoms with Gasteiger partial charge in [0.1, 0.15) is 0 Å². The van der Waals surface area contributed by atoms with Crippen LogP contribution in [0, 0.1) is 0 Å². The molecule has 0 aromatic carbocycles. The van der Waals surface area contributed by atoms with Crippen LogP contribution in [0.2, 0.25) is 5.28 Å². The van der Waals surface area contributed by atoms with Gasteiger partial charge >= 0.3 is 18.4 Å². The number of anilines is 1. The highest BCUT2D eigenvalue weighted by Crippen LogP contribution is 2.23. The minimum atomic E-state index is -4.20. The van der Waals surface area contributed by atoms with Crippen molar-refractivity contribution in [3.8, 4) is 6.01 Å². The van der Waals surface area contributed by atoms with Gasteiger partial charge in [-0.1, -0.05) is 0 Å². The smallest absolute Gasteiger partial charge is 0.324 e. The van der Waals surface area contributed by atoms with Crippen LogP contribution in [0.25, 0.3) is 0 Å². The van der Waals surface area contributed by atoms with Crippen LogP contribution in [0.4, 0.5) is 23.5 Å². The third-order valence-electron chi connectivity index (χ3n) is 1.73. The van der Waals surface area contributed by atoms with E-state index in [-0.39, 0.29) is 23.3 Å². The Morgan fingerprint density at radius 2 is 1.89 bits per heavy atom. The van der Waals surface area contributed by atoms with E-state index in [4.69, 9.17) is 16.3 Å². The van der Waals surface area contributed by atoms with Crippen LogP contribution in [-0.2, 0) is 0 Å². The third-order valence-corrected chi connectivity index (χ3v) is 1.90. The first kappa shape index (κ1) is 15.7. The average molecular weight is 303 g/mol. The highest BCUT2D eigenvalue weighted by Gasteiger charge is 2.40. The second-order valence-electron chi connectivity index (χ2n) is 3.79.